The van der Waals surface area contributed by atoms with E-state index in [0.29, 0.717) is 0 Å². The molecule has 0 aromatic heterocycles. The molecule has 0 heterocycles. The average Bonchev–Trinajstić information content (AvgIpc) is 2.16. The average molecular weight is 307 g/mol. The highest BCUT2D eigenvalue weighted by molar-refractivity contribution is 6.25. The molecule has 0 amide bonds. The van der Waals surface area contributed by atoms with Crippen molar-refractivity contribution in [3.8, 4) is 0 Å². The smallest absolute Gasteiger partial charge is 0.306 e. The molecule has 0 aliphatic heterocycles. The van der Waals surface area contributed by atoms with Crippen LogP contribution in [0.15, 0.2) is 0 Å². The Morgan fingerprint density at radius 2 is 1.33 bits per heavy atom. The van der Waals surface area contributed by atoms with Crippen LogP contribution in [0.25, 0.3) is 0 Å². The van der Waals surface area contributed by atoms with E-state index in [4.69, 9.17) is 0 Å². The monoisotopic (exact) mass is 307 g/mol. The lowest BCUT2D eigenvalue weighted by Gasteiger charge is -2.37. The van der Waals surface area contributed by atoms with Crippen LogP contribution in [0.4, 0.5) is 39.5 Å². The first-order chi connectivity index (χ1) is 7.75. The van der Waals surface area contributed by atoms with E-state index in [9.17, 15) is 44.3 Å². The molecule has 1 atom stereocenters. The Hall–Kier alpha value is -0.453. The lowest BCUT2D eigenvalue weighted by atomic mass is 9.97. The summed E-state index contributed by atoms with van der Waals surface area (Å²) in [5.41, 5.74) is 0. The van der Waals surface area contributed by atoms with E-state index >= 15 is 0 Å². The van der Waals surface area contributed by atoms with E-state index in [1.54, 1.807) is 0 Å². The number of hydrogen-bond acceptors (Lipinski definition) is 0. The second-order valence-corrected chi connectivity index (χ2v) is 4.45. The van der Waals surface area contributed by atoms with Gasteiger partial charge in [-0.3, -0.25) is 0 Å². The van der Waals surface area contributed by atoms with Gasteiger partial charge in [-0.2, -0.15) is 35.1 Å². The van der Waals surface area contributed by atoms with Gasteiger partial charge in [-0.15, -0.1) is 0 Å². The molecule has 109 valence electrons. The highest BCUT2D eigenvalue weighted by atomic mass is 28.2. The fourth-order valence-electron chi connectivity index (χ4n) is 0.974. The van der Waals surface area contributed by atoms with Crippen LogP contribution in [0.3, 0.4) is 0 Å². The maximum atomic E-state index is 12.8. The van der Waals surface area contributed by atoms with Crippen LogP contribution in [0.2, 0.25) is 6.04 Å². The molecule has 11 heteroatoms. The van der Waals surface area contributed by atoms with E-state index in [1.807, 2.05) is 0 Å². The van der Waals surface area contributed by atoms with Gasteiger partial charge in [-0.25, -0.2) is 4.39 Å². The van der Waals surface area contributed by atoms with Gasteiger partial charge in [0.2, 0.25) is 9.76 Å². The predicted octanol–water partition coefficient (Wildman–Crippen LogP) is 2.82. The van der Waals surface area contributed by atoms with Gasteiger partial charge in [0.1, 0.15) is 0 Å². The van der Waals surface area contributed by atoms with Crippen LogP contribution in [0.5, 0.6) is 0 Å². The van der Waals surface area contributed by atoms with Gasteiger partial charge < -0.3 is 4.80 Å². The zero-order valence-corrected chi connectivity index (χ0v) is 10.2. The van der Waals surface area contributed by atoms with Gasteiger partial charge >= 0.3 is 23.7 Å². The summed E-state index contributed by atoms with van der Waals surface area (Å²) in [5, 5.41) is 0. The predicted molar refractivity (Wildman–Crippen MR) is 44.4 cm³/mol. The first-order valence-electron chi connectivity index (χ1n) is 4.49. The Bertz CT molecular complexity index is 291. The van der Waals surface area contributed by atoms with Gasteiger partial charge in [0.15, 0.2) is 6.17 Å². The maximum Gasteiger partial charge on any atom is 0.381 e. The summed E-state index contributed by atoms with van der Waals surface area (Å²) in [6.07, 6.45) is -3.77. The van der Waals surface area contributed by atoms with Crippen LogP contribution in [-0.4, -0.2) is 39.6 Å². The van der Waals surface area contributed by atoms with E-state index < -0.39 is 45.7 Å². The van der Waals surface area contributed by atoms with Crippen molar-refractivity contribution in [1.82, 2.24) is 0 Å². The quantitative estimate of drug-likeness (QED) is 0.531. The standard InChI is InChI=1S/C7H8F9OSi/c1-3(8)5(11,12)7(15,16)6(13,14)4(9,10)2-18-17/h3H,2,18H2,1H3. The topological polar surface area (TPSA) is 19.9 Å². The molecular weight excluding hydrogens is 299 g/mol. The molecule has 0 saturated carbocycles. The molecule has 0 bridgehead atoms. The second-order valence-electron chi connectivity index (χ2n) is 3.55. The van der Waals surface area contributed by atoms with Gasteiger partial charge in [-0.1, -0.05) is 0 Å². The summed E-state index contributed by atoms with van der Waals surface area (Å²) in [7, 11) is -3.04. The summed E-state index contributed by atoms with van der Waals surface area (Å²) >= 11 is 0. The first kappa shape index (κ1) is 17.5. The lowest BCUT2D eigenvalue weighted by molar-refractivity contribution is -0.370. The molecule has 0 saturated heterocycles. The summed E-state index contributed by atoms with van der Waals surface area (Å²) in [6.45, 7) is -0.162. The van der Waals surface area contributed by atoms with Gasteiger partial charge in [0.05, 0.1) is 0 Å². The third kappa shape index (κ3) is 2.46. The van der Waals surface area contributed by atoms with Gasteiger partial charge in [0, 0.05) is 6.04 Å². The molecular formula is C7H8F9OSi. The highest BCUT2D eigenvalue weighted by Crippen LogP contribution is 2.54. The molecule has 0 N–H and O–H groups in total. The van der Waals surface area contributed by atoms with E-state index in [-0.39, 0.29) is 6.92 Å². The maximum absolute atomic E-state index is 12.8. The van der Waals surface area contributed by atoms with Crippen LogP contribution >= 0.6 is 0 Å². The zero-order valence-electron chi connectivity index (χ0n) is 8.80. The Morgan fingerprint density at radius 3 is 1.61 bits per heavy atom. The molecule has 1 radical (unpaired) electrons. The van der Waals surface area contributed by atoms with Crippen molar-refractivity contribution in [3.63, 3.8) is 0 Å². The molecule has 1 unspecified atom stereocenters. The summed E-state index contributed by atoms with van der Waals surface area (Å²) in [5.74, 6) is -24.7. The minimum Gasteiger partial charge on any atom is -0.306 e. The molecule has 0 aliphatic carbocycles. The molecule has 0 aromatic carbocycles. The first-order valence-corrected chi connectivity index (χ1v) is 6.07. The van der Waals surface area contributed by atoms with Crippen molar-refractivity contribution in [2.24, 2.45) is 0 Å². The number of alkyl halides is 9. The van der Waals surface area contributed by atoms with Crippen molar-refractivity contribution >= 4 is 9.76 Å². The SMILES string of the molecule is CC(F)C(F)(F)C(F)(F)C(F)(F)C(F)(F)C[SiH2][O]. The van der Waals surface area contributed by atoms with Crippen LogP contribution in [0.1, 0.15) is 6.92 Å². The van der Waals surface area contributed by atoms with E-state index in [1.165, 1.54) is 0 Å². The summed E-state index contributed by atoms with van der Waals surface area (Å²) in [4.78, 5) is 9.92. The molecule has 0 aromatic rings. The van der Waals surface area contributed by atoms with E-state index in [0.717, 1.165) is 0 Å². The van der Waals surface area contributed by atoms with Crippen molar-refractivity contribution < 1.29 is 44.3 Å². The van der Waals surface area contributed by atoms with Crippen molar-refractivity contribution in [3.05, 3.63) is 0 Å². The molecule has 18 heavy (non-hydrogen) atoms. The minimum atomic E-state index is -6.61. The van der Waals surface area contributed by atoms with Crippen molar-refractivity contribution in [2.45, 2.75) is 42.8 Å². The Kier molecular flexibility index (Phi) is 4.78. The number of rotatable bonds is 6. The molecule has 0 aliphatic rings. The Balaban J connectivity index is 5.58. The third-order valence-electron chi connectivity index (χ3n) is 2.19. The summed E-state index contributed by atoms with van der Waals surface area (Å²) in [6, 6.07) is -2.13. The summed E-state index contributed by atoms with van der Waals surface area (Å²) < 4.78 is 114. The van der Waals surface area contributed by atoms with Crippen molar-refractivity contribution in [1.29, 1.82) is 0 Å². The zero-order chi connectivity index (χ0) is 15.0. The number of hydrogen-bond donors (Lipinski definition) is 0. The Labute approximate surface area is 97.9 Å². The van der Waals surface area contributed by atoms with E-state index in [2.05, 4.69) is 0 Å². The largest absolute Gasteiger partial charge is 0.381 e. The van der Waals surface area contributed by atoms with Crippen LogP contribution in [0, 0.1) is 0 Å². The number of halogens is 9. The fraction of sp³-hybridized carbons (Fsp3) is 1.00. The highest BCUT2D eigenvalue weighted by Gasteiger charge is 2.81. The van der Waals surface area contributed by atoms with Gasteiger partial charge in [-0.05, 0) is 6.92 Å². The van der Waals surface area contributed by atoms with Crippen LogP contribution in [-0.2, 0) is 4.80 Å². The third-order valence-corrected chi connectivity index (χ3v) is 3.02. The fourth-order valence-corrected chi connectivity index (χ4v) is 1.54. The minimum absolute atomic E-state index is 0.162. The molecule has 1 nitrogen and oxygen atoms in total. The van der Waals surface area contributed by atoms with Crippen molar-refractivity contribution in [2.75, 3.05) is 0 Å². The second kappa shape index (κ2) is 4.91. The molecule has 0 fully saturated rings. The van der Waals surface area contributed by atoms with Gasteiger partial charge in [0.25, 0.3) is 0 Å². The molecule has 0 rings (SSSR count). The molecule has 0 spiro atoms. The normalized spacial score (nSPS) is 17.5. The van der Waals surface area contributed by atoms with Crippen LogP contribution < -0.4 is 0 Å². The lowest BCUT2D eigenvalue weighted by Crippen LogP contribution is -2.64. The Morgan fingerprint density at radius 1 is 0.944 bits per heavy atom.